The Labute approximate surface area is 152 Å². The predicted octanol–water partition coefficient (Wildman–Crippen LogP) is 0.201. The monoisotopic (exact) mass is 359 g/mol. The van der Waals surface area contributed by atoms with Crippen LogP contribution >= 0.6 is 0 Å². The maximum Gasteiger partial charge on any atom is 0.238 e. The summed E-state index contributed by atoms with van der Waals surface area (Å²) in [5.41, 5.74) is -0.843. The van der Waals surface area contributed by atoms with Crippen molar-refractivity contribution in [2.45, 2.75) is 31.8 Å². The van der Waals surface area contributed by atoms with Crippen LogP contribution in [0.15, 0.2) is 18.5 Å². The first-order valence-corrected chi connectivity index (χ1v) is 9.40. The summed E-state index contributed by atoms with van der Waals surface area (Å²) in [6, 6.07) is 1.79. The highest BCUT2D eigenvalue weighted by Crippen LogP contribution is 2.47. The van der Waals surface area contributed by atoms with Gasteiger partial charge in [0.15, 0.2) is 0 Å². The van der Waals surface area contributed by atoms with Crippen molar-refractivity contribution in [2.24, 2.45) is 5.41 Å². The molecule has 0 aromatic carbocycles. The summed E-state index contributed by atoms with van der Waals surface area (Å²) in [5.74, 6) is 0.526. The smallest absolute Gasteiger partial charge is 0.238 e. The normalized spacial score (nSPS) is 24.4. The average Bonchev–Trinajstić information content (AvgIpc) is 3.35. The first kappa shape index (κ1) is 17.2. The first-order chi connectivity index (χ1) is 12.7. The molecule has 1 aliphatic carbocycles. The van der Waals surface area contributed by atoms with E-state index in [4.69, 9.17) is 4.74 Å². The van der Waals surface area contributed by atoms with Gasteiger partial charge in [0.2, 0.25) is 17.8 Å². The van der Waals surface area contributed by atoms with Crippen LogP contribution in [0.2, 0.25) is 0 Å². The minimum absolute atomic E-state index is 0.0315. The van der Waals surface area contributed by atoms with Gasteiger partial charge >= 0.3 is 0 Å². The van der Waals surface area contributed by atoms with Crippen LogP contribution in [-0.2, 0) is 14.3 Å². The lowest BCUT2D eigenvalue weighted by atomic mass is 10.0. The van der Waals surface area contributed by atoms with Crippen LogP contribution in [-0.4, -0.2) is 72.1 Å². The Morgan fingerprint density at radius 1 is 1.19 bits per heavy atom. The largest absolute Gasteiger partial charge is 0.376 e. The Morgan fingerprint density at radius 2 is 1.92 bits per heavy atom. The molecule has 3 heterocycles. The van der Waals surface area contributed by atoms with Crippen molar-refractivity contribution >= 4 is 17.8 Å². The van der Waals surface area contributed by atoms with E-state index in [-0.39, 0.29) is 17.9 Å². The molecule has 3 aliphatic rings. The van der Waals surface area contributed by atoms with Crippen molar-refractivity contribution in [2.75, 3.05) is 44.2 Å². The molecular formula is C18H25N5O3. The summed E-state index contributed by atoms with van der Waals surface area (Å²) in [4.78, 5) is 38.0. The van der Waals surface area contributed by atoms with Crippen molar-refractivity contribution in [3.05, 3.63) is 18.5 Å². The second-order valence-electron chi connectivity index (χ2n) is 7.26. The molecule has 1 saturated carbocycles. The molecule has 26 heavy (non-hydrogen) atoms. The number of hydrogen-bond acceptors (Lipinski definition) is 6. The number of ether oxygens (including phenoxy) is 1. The van der Waals surface area contributed by atoms with Crippen LogP contribution in [0.4, 0.5) is 5.95 Å². The number of nitrogens with zero attached hydrogens (tertiary/aromatic N) is 4. The lowest BCUT2D eigenvalue weighted by Gasteiger charge is -2.36. The van der Waals surface area contributed by atoms with Gasteiger partial charge in [-0.1, -0.05) is 0 Å². The first-order valence-electron chi connectivity index (χ1n) is 9.40. The highest BCUT2D eigenvalue weighted by molar-refractivity contribution is 6.07. The van der Waals surface area contributed by atoms with E-state index in [1.54, 1.807) is 18.5 Å². The van der Waals surface area contributed by atoms with Gasteiger partial charge in [0.1, 0.15) is 5.41 Å². The maximum absolute atomic E-state index is 12.9. The molecular weight excluding hydrogens is 334 g/mol. The van der Waals surface area contributed by atoms with Gasteiger partial charge in [-0.15, -0.1) is 0 Å². The molecule has 1 aromatic heterocycles. The van der Waals surface area contributed by atoms with Crippen LogP contribution in [0.1, 0.15) is 25.7 Å². The summed E-state index contributed by atoms with van der Waals surface area (Å²) in [5, 5.41) is 2.94. The van der Waals surface area contributed by atoms with Crippen LogP contribution in [0, 0.1) is 5.41 Å². The molecule has 0 bridgehead atoms. The van der Waals surface area contributed by atoms with Gasteiger partial charge in [-0.3, -0.25) is 9.59 Å². The van der Waals surface area contributed by atoms with Crippen LogP contribution in [0.5, 0.6) is 0 Å². The van der Waals surface area contributed by atoms with Gasteiger partial charge in [0, 0.05) is 51.7 Å². The van der Waals surface area contributed by atoms with E-state index in [0.29, 0.717) is 51.5 Å². The molecule has 1 aromatic rings. The summed E-state index contributed by atoms with van der Waals surface area (Å²) in [6.07, 6.45) is 6.84. The van der Waals surface area contributed by atoms with E-state index in [9.17, 15) is 9.59 Å². The lowest BCUT2D eigenvalue weighted by molar-refractivity contribution is -0.144. The molecule has 2 amide bonds. The van der Waals surface area contributed by atoms with E-state index in [1.165, 1.54) is 0 Å². The van der Waals surface area contributed by atoms with Gasteiger partial charge in [0.05, 0.1) is 6.10 Å². The summed E-state index contributed by atoms with van der Waals surface area (Å²) in [6.45, 7) is 3.83. The third-order valence-corrected chi connectivity index (χ3v) is 5.51. The van der Waals surface area contributed by atoms with Crippen molar-refractivity contribution in [3.63, 3.8) is 0 Å². The lowest BCUT2D eigenvalue weighted by Crippen LogP contribution is -2.54. The molecule has 140 valence electrons. The topological polar surface area (TPSA) is 87.7 Å². The third-order valence-electron chi connectivity index (χ3n) is 5.51. The quantitative estimate of drug-likeness (QED) is 0.756. The predicted molar refractivity (Wildman–Crippen MR) is 94.5 cm³/mol. The zero-order chi connectivity index (χ0) is 18.0. The van der Waals surface area contributed by atoms with Crippen molar-refractivity contribution in [1.82, 2.24) is 20.2 Å². The highest BCUT2D eigenvalue weighted by Gasteiger charge is 2.58. The number of piperazine rings is 1. The number of hydrogen-bond donors (Lipinski definition) is 1. The molecule has 1 unspecified atom stereocenters. The zero-order valence-corrected chi connectivity index (χ0v) is 14.9. The van der Waals surface area contributed by atoms with Crippen molar-refractivity contribution < 1.29 is 14.3 Å². The fourth-order valence-electron chi connectivity index (χ4n) is 3.71. The fraction of sp³-hybridized carbons (Fsp3) is 0.667. The Bertz CT molecular complexity index is 650. The average molecular weight is 359 g/mol. The standard InChI is InChI=1S/C18H25N5O3/c24-15(21-13-14-3-1-12-26-14)18(4-5-18)16(25)22-8-10-23(11-9-22)17-19-6-2-7-20-17/h2,6-7,14H,1,3-5,8-13H2,(H,21,24). The summed E-state index contributed by atoms with van der Waals surface area (Å²) < 4.78 is 5.54. The number of nitrogens with one attached hydrogen (secondary N) is 1. The van der Waals surface area contributed by atoms with Crippen LogP contribution in [0.3, 0.4) is 0 Å². The fourth-order valence-corrected chi connectivity index (χ4v) is 3.71. The second kappa shape index (κ2) is 7.19. The SMILES string of the molecule is O=C(NCC1CCCO1)C1(C(=O)N2CCN(c3ncccn3)CC2)CC1. The Morgan fingerprint density at radius 3 is 2.54 bits per heavy atom. The minimum Gasteiger partial charge on any atom is -0.376 e. The molecule has 0 radical (unpaired) electrons. The van der Waals surface area contributed by atoms with Crippen molar-refractivity contribution in [3.8, 4) is 0 Å². The second-order valence-corrected chi connectivity index (χ2v) is 7.26. The number of rotatable bonds is 5. The molecule has 2 aliphatic heterocycles. The summed E-state index contributed by atoms with van der Waals surface area (Å²) >= 11 is 0. The molecule has 8 nitrogen and oxygen atoms in total. The van der Waals surface area contributed by atoms with Crippen LogP contribution < -0.4 is 10.2 Å². The molecule has 1 N–H and O–H groups in total. The zero-order valence-electron chi connectivity index (χ0n) is 14.9. The number of amides is 2. The van der Waals surface area contributed by atoms with Gasteiger partial charge in [-0.25, -0.2) is 9.97 Å². The molecule has 2 saturated heterocycles. The molecule has 1 atom stereocenters. The number of anilines is 1. The molecule has 3 fully saturated rings. The Balaban J connectivity index is 1.30. The van der Waals surface area contributed by atoms with E-state index < -0.39 is 5.41 Å². The Kier molecular flexibility index (Phi) is 4.76. The van der Waals surface area contributed by atoms with Gasteiger partial charge in [-0.05, 0) is 31.7 Å². The van der Waals surface area contributed by atoms with E-state index in [1.807, 2.05) is 4.90 Å². The minimum atomic E-state index is -0.843. The molecule has 8 heteroatoms. The number of aromatic nitrogens is 2. The van der Waals surface area contributed by atoms with Gasteiger partial charge < -0.3 is 19.9 Å². The highest BCUT2D eigenvalue weighted by atomic mass is 16.5. The van der Waals surface area contributed by atoms with E-state index in [2.05, 4.69) is 20.2 Å². The van der Waals surface area contributed by atoms with Crippen LogP contribution in [0.25, 0.3) is 0 Å². The number of carbonyl (C=O) groups is 2. The number of carbonyl (C=O) groups excluding carboxylic acids is 2. The molecule has 0 spiro atoms. The third kappa shape index (κ3) is 3.38. The Hall–Kier alpha value is -2.22. The van der Waals surface area contributed by atoms with Crippen molar-refractivity contribution in [1.29, 1.82) is 0 Å². The van der Waals surface area contributed by atoms with Gasteiger partial charge in [-0.2, -0.15) is 0 Å². The maximum atomic E-state index is 12.9. The molecule has 4 rings (SSSR count). The summed E-state index contributed by atoms with van der Waals surface area (Å²) in [7, 11) is 0. The van der Waals surface area contributed by atoms with E-state index >= 15 is 0 Å². The van der Waals surface area contributed by atoms with Gasteiger partial charge in [0.25, 0.3) is 0 Å². The van der Waals surface area contributed by atoms with E-state index in [0.717, 1.165) is 19.4 Å².